The molecule has 1 aromatic carbocycles. The smallest absolute Gasteiger partial charge is 0.320 e. The van der Waals surface area contributed by atoms with Crippen molar-refractivity contribution in [2.75, 3.05) is 18.4 Å². The highest BCUT2D eigenvalue weighted by molar-refractivity contribution is 5.72. The van der Waals surface area contributed by atoms with Crippen LogP contribution in [0.15, 0.2) is 18.2 Å². The zero-order valence-corrected chi connectivity index (χ0v) is 12.0. The number of aliphatic carboxylic acids is 1. The third-order valence-electron chi connectivity index (χ3n) is 3.55. The summed E-state index contributed by atoms with van der Waals surface area (Å²) in [5.74, 6) is 0.0785. The second-order valence-corrected chi connectivity index (χ2v) is 5.12. The Labute approximate surface area is 119 Å². The largest absolute Gasteiger partial charge is 0.486 e. The Kier molecular flexibility index (Phi) is 4.84. The molecular formula is C15H22N2O3. The molecule has 20 heavy (non-hydrogen) atoms. The van der Waals surface area contributed by atoms with Gasteiger partial charge in [0.2, 0.25) is 0 Å². The van der Waals surface area contributed by atoms with Crippen LogP contribution in [0.4, 0.5) is 5.69 Å². The number of nitrogens with one attached hydrogen (secondary N) is 2. The molecule has 2 atom stereocenters. The van der Waals surface area contributed by atoms with Crippen molar-refractivity contribution in [1.29, 1.82) is 0 Å². The molecule has 0 aromatic heterocycles. The topological polar surface area (TPSA) is 70.6 Å². The fraction of sp³-hybridized carbons (Fsp3) is 0.533. The van der Waals surface area contributed by atoms with Gasteiger partial charge < -0.3 is 20.5 Å². The number of fused-ring (bicyclic) bond motifs is 1. The van der Waals surface area contributed by atoms with Crippen LogP contribution in [0.1, 0.15) is 25.8 Å². The fourth-order valence-electron chi connectivity index (χ4n) is 2.17. The molecule has 0 spiro atoms. The van der Waals surface area contributed by atoms with E-state index in [0.29, 0.717) is 6.54 Å². The number of hydrogen-bond donors (Lipinski definition) is 3. The first-order chi connectivity index (χ1) is 9.60. The van der Waals surface area contributed by atoms with Crippen molar-refractivity contribution in [3.8, 4) is 5.75 Å². The lowest BCUT2D eigenvalue weighted by Gasteiger charge is -2.27. The van der Waals surface area contributed by atoms with Gasteiger partial charge in [0.05, 0.1) is 12.2 Å². The summed E-state index contributed by atoms with van der Waals surface area (Å²) < 4.78 is 5.85. The molecule has 1 heterocycles. The van der Waals surface area contributed by atoms with Crippen LogP contribution < -0.4 is 15.4 Å². The van der Waals surface area contributed by atoms with Crippen molar-refractivity contribution in [2.24, 2.45) is 0 Å². The average Bonchev–Trinajstić information content (AvgIpc) is 2.46. The predicted octanol–water partition coefficient (Wildman–Crippen LogP) is 1.87. The molecule has 2 rings (SSSR count). The van der Waals surface area contributed by atoms with Gasteiger partial charge in [0.15, 0.2) is 0 Å². The molecule has 0 bridgehead atoms. The van der Waals surface area contributed by atoms with Crippen molar-refractivity contribution < 1.29 is 14.6 Å². The van der Waals surface area contributed by atoms with Gasteiger partial charge in [-0.2, -0.15) is 0 Å². The maximum atomic E-state index is 10.7. The van der Waals surface area contributed by atoms with E-state index in [1.165, 1.54) is 5.56 Å². The van der Waals surface area contributed by atoms with Crippen LogP contribution in [0.2, 0.25) is 0 Å². The summed E-state index contributed by atoms with van der Waals surface area (Å²) in [4.78, 5) is 10.7. The second-order valence-electron chi connectivity index (χ2n) is 5.12. The van der Waals surface area contributed by atoms with Crippen LogP contribution in [0.5, 0.6) is 5.75 Å². The number of benzene rings is 1. The Morgan fingerprint density at radius 1 is 1.60 bits per heavy atom. The Bertz CT molecular complexity index is 476. The minimum absolute atomic E-state index is 0.242. The zero-order valence-electron chi connectivity index (χ0n) is 12.0. The minimum Gasteiger partial charge on any atom is -0.486 e. The van der Waals surface area contributed by atoms with E-state index in [1.54, 1.807) is 6.92 Å². The van der Waals surface area contributed by atoms with Gasteiger partial charge in [0, 0.05) is 0 Å². The Morgan fingerprint density at radius 2 is 2.40 bits per heavy atom. The molecule has 2 unspecified atom stereocenters. The number of carboxylic acids is 1. The molecule has 0 saturated heterocycles. The molecule has 0 fully saturated rings. The molecule has 5 nitrogen and oxygen atoms in total. The van der Waals surface area contributed by atoms with Gasteiger partial charge in [-0.15, -0.1) is 0 Å². The Balaban J connectivity index is 1.90. The third kappa shape index (κ3) is 3.63. The minimum atomic E-state index is -0.823. The lowest BCUT2D eigenvalue weighted by molar-refractivity contribution is -0.138. The molecule has 1 aromatic rings. The summed E-state index contributed by atoms with van der Waals surface area (Å²) in [6, 6.07) is 5.58. The van der Waals surface area contributed by atoms with Crippen molar-refractivity contribution in [1.82, 2.24) is 5.32 Å². The molecule has 3 N–H and O–H groups in total. The van der Waals surface area contributed by atoms with E-state index >= 15 is 0 Å². The van der Waals surface area contributed by atoms with Crippen LogP contribution in [0, 0.1) is 0 Å². The van der Waals surface area contributed by atoms with E-state index in [1.807, 2.05) is 12.1 Å². The maximum absolute atomic E-state index is 10.7. The normalized spacial score (nSPS) is 18.6. The highest BCUT2D eigenvalue weighted by Gasteiger charge is 2.17. The highest BCUT2D eigenvalue weighted by Crippen LogP contribution is 2.30. The summed E-state index contributed by atoms with van der Waals surface area (Å²) in [7, 11) is 0. The van der Waals surface area contributed by atoms with Crippen LogP contribution in [0.3, 0.4) is 0 Å². The third-order valence-corrected chi connectivity index (χ3v) is 3.55. The monoisotopic (exact) mass is 278 g/mol. The molecule has 0 amide bonds. The van der Waals surface area contributed by atoms with E-state index in [9.17, 15) is 4.79 Å². The van der Waals surface area contributed by atoms with Crippen molar-refractivity contribution in [3.05, 3.63) is 23.8 Å². The van der Waals surface area contributed by atoms with Crippen LogP contribution in [-0.4, -0.2) is 36.3 Å². The summed E-state index contributed by atoms with van der Waals surface area (Å²) >= 11 is 0. The molecule has 1 aliphatic rings. The average molecular weight is 278 g/mol. The first-order valence-electron chi connectivity index (χ1n) is 7.09. The molecule has 0 saturated carbocycles. The van der Waals surface area contributed by atoms with Crippen LogP contribution in [0.25, 0.3) is 0 Å². The maximum Gasteiger partial charge on any atom is 0.320 e. The van der Waals surface area contributed by atoms with Gasteiger partial charge in [-0.25, -0.2) is 0 Å². The zero-order chi connectivity index (χ0) is 14.5. The van der Waals surface area contributed by atoms with Crippen molar-refractivity contribution >= 4 is 11.7 Å². The van der Waals surface area contributed by atoms with Crippen LogP contribution in [-0.2, 0) is 11.2 Å². The number of carbonyl (C=O) groups is 1. The first kappa shape index (κ1) is 14.7. The lowest BCUT2D eigenvalue weighted by atomic mass is 10.1. The van der Waals surface area contributed by atoms with Gasteiger partial charge in [-0.05, 0) is 44.0 Å². The Morgan fingerprint density at radius 3 is 3.10 bits per heavy atom. The first-order valence-corrected chi connectivity index (χ1v) is 7.09. The quantitative estimate of drug-likeness (QED) is 0.741. The number of anilines is 1. The standard InChI is InChI=1S/C15H22N2O3/c1-3-12-9-17-13-8-11(4-5-14(13)20-12)6-7-16-10(2)15(18)19/h4-5,8,10,12,16-17H,3,6-7,9H2,1-2H3,(H,18,19). The van der Waals surface area contributed by atoms with Crippen molar-refractivity contribution in [3.63, 3.8) is 0 Å². The van der Waals surface area contributed by atoms with Gasteiger partial charge >= 0.3 is 5.97 Å². The van der Waals surface area contributed by atoms with Gasteiger partial charge in [0.1, 0.15) is 17.9 Å². The summed E-state index contributed by atoms with van der Waals surface area (Å²) in [5.41, 5.74) is 2.19. The number of hydrogen-bond acceptors (Lipinski definition) is 4. The number of rotatable bonds is 6. The van der Waals surface area contributed by atoms with Gasteiger partial charge in [-0.1, -0.05) is 13.0 Å². The van der Waals surface area contributed by atoms with Gasteiger partial charge in [0.25, 0.3) is 0 Å². The van der Waals surface area contributed by atoms with E-state index < -0.39 is 12.0 Å². The SMILES string of the molecule is CCC1CNc2cc(CCNC(C)C(=O)O)ccc2O1. The number of carboxylic acid groups (broad SMARTS) is 1. The van der Waals surface area contributed by atoms with Crippen LogP contribution >= 0.6 is 0 Å². The molecule has 0 aliphatic carbocycles. The van der Waals surface area contributed by atoms with E-state index in [2.05, 4.69) is 23.6 Å². The molecule has 110 valence electrons. The molecule has 0 radical (unpaired) electrons. The molecule has 1 aliphatic heterocycles. The predicted molar refractivity (Wildman–Crippen MR) is 78.4 cm³/mol. The second kappa shape index (κ2) is 6.61. The van der Waals surface area contributed by atoms with Gasteiger partial charge in [-0.3, -0.25) is 4.79 Å². The van der Waals surface area contributed by atoms with E-state index in [4.69, 9.17) is 9.84 Å². The number of ether oxygens (including phenoxy) is 1. The lowest BCUT2D eigenvalue weighted by Crippen LogP contribution is -2.35. The summed E-state index contributed by atoms with van der Waals surface area (Å²) in [6.07, 6.45) is 2.03. The summed E-state index contributed by atoms with van der Waals surface area (Å²) in [5, 5.41) is 15.2. The van der Waals surface area contributed by atoms with Crippen molar-refractivity contribution in [2.45, 2.75) is 38.8 Å². The van der Waals surface area contributed by atoms with E-state index in [-0.39, 0.29) is 6.10 Å². The Hall–Kier alpha value is -1.75. The summed E-state index contributed by atoms with van der Waals surface area (Å²) in [6.45, 7) is 5.24. The highest BCUT2D eigenvalue weighted by atomic mass is 16.5. The molecular weight excluding hydrogens is 256 g/mol. The fourth-order valence-corrected chi connectivity index (χ4v) is 2.17. The molecule has 5 heteroatoms. The van der Waals surface area contributed by atoms with E-state index in [0.717, 1.165) is 30.8 Å².